The van der Waals surface area contributed by atoms with Crippen molar-refractivity contribution in [3.05, 3.63) is 40.6 Å². The van der Waals surface area contributed by atoms with E-state index in [9.17, 15) is 9.59 Å². The van der Waals surface area contributed by atoms with Crippen molar-refractivity contribution >= 4 is 46.4 Å². The smallest absolute Gasteiger partial charge is 0.271 e. The first kappa shape index (κ1) is 16.9. The molecule has 0 saturated carbocycles. The Morgan fingerprint density at radius 1 is 1.29 bits per heavy atom. The summed E-state index contributed by atoms with van der Waals surface area (Å²) in [5, 5.41) is 3.13. The second-order valence-electron chi connectivity index (χ2n) is 5.52. The first-order valence-electron chi connectivity index (χ1n) is 7.47. The summed E-state index contributed by atoms with van der Waals surface area (Å²) in [6.45, 7) is 4.26. The molecule has 1 aromatic carbocycles. The number of ether oxygens (including phenoxy) is 1. The zero-order chi connectivity index (χ0) is 17.3. The number of anilines is 1. The Bertz CT molecular complexity index is 744. The Balaban J connectivity index is 1.93. The largest absolute Gasteiger partial charge is 0.378 e. The molecule has 8 heteroatoms. The van der Waals surface area contributed by atoms with E-state index >= 15 is 0 Å². The van der Waals surface area contributed by atoms with Gasteiger partial charge in [0.1, 0.15) is 5.57 Å². The number of benzene rings is 1. The third kappa shape index (κ3) is 3.28. The van der Waals surface area contributed by atoms with Crippen LogP contribution in [0.1, 0.15) is 5.56 Å². The molecular weight excluding hydrogens is 350 g/mol. The van der Waals surface area contributed by atoms with Crippen molar-refractivity contribution in [2.24, 2.45) is 0 Å². The van der Waals surface area contributed by atoms with Crippen LogP contribution in [0.25, 0.3) is 0 Å². The topological polar surface area (TPSA) is 61.9 Å². The Morgan fingerprint density at radius 2 is 2.00 bits per heavy atom. The molecule has 0 aromatic heterocycles. The first-order valence-corrected chi connectivity index (χ1v) is 8.25. The minimum absolute atomic E-state index is 0.0437. The summed E-state index contributed by atoms with van der Waals surface area (Å²) in [5.41, 5.74) is 1.46. The number of carbonyl (C=O) groups is 2. The molecule has 3 rings (SSSR count). The zero-order valence-corrected chi connectivity index (χ0v) is 14.6. The summed E-state index contributed by atoms with van der Waals surface area (Å²) in [6, 6.07) is 5.20. The molecule has 2 heterocycles. The van der Waals surface area contributed by atoms with Gasteiger partial charge in [0.25, 0.3) is 11.8 Å². The van der Waals surface area contributed by atoms with Gasteiger partial charge in [-0.15, -0.1) is 0 Å². The minimum Gasteiger partial charge on any atom is -0.378 e. The first-order chi connectivity index (χ1) is 11.5. The number of amides is 2. The zero-order valence-electron chi connectivity index (χ0n) is 13.0. The molecule has 24 heavy (non-hydrogen) atoms. The Kier molecular flexibility index (Phi) is 4.84. The Morgan fingerprint density at radius 3 is 2.67 bits per heavy atom. The van der Waals surface area contributed by atoms with E-state index in [0.717, 1.165) is 5.56 Å². The SMILES string of the molecule is Cc1ccc(N2C(=O)/C(=C/N3CCOCC3)C(=O)NC2=S)cc1Cl. The molecule has 126 valence electrons. The number of aryl methyl sites for hydroxylation is 1. The van der Waals surface area contributed by atoms with E-state index < -0.39 is 11.8 Å². The van der Waals surface area contributed by atoms with Gasteiger partial charge in [0.15, 0.2) is 5.11 Å². The van der Waals surface area contributed by atoms with Gasteiger partial charge in [-0.1, -0.05) is 17.7 Å². The minimum atomic E-state index is -0.494. The summed E-state index contributed by atoms with van der Waals surface area (Å²) in [5.74, 6) is -0.957. The number of rotatable bonds is 2. The van der Waals surface area contributed by atoms with Crippen molar-refractivity contribution in [1.29, 1.82) is 0 Å². The van der Waals surface area contributed by atoms with Crippen molar-refractivity contribution in [1.82, 2.24) is 10.2 Å². The maximum Gasteiger partial charge on any atom is 0.271 e. The molecule has 2 aliphatic heterocycles. The number of hydrogen-bond acceptors (Lipinski definition) is 5. The molecule has 1 N–H and O–H groups in total. The van der Waals surface area contributed by atoms with Gasteiger partial charge >= 0.3 is 0 Å². The summed E-state index contributed by atoms with van der Waals surface area (Å²) in [7, 11) is 0. The van der Waals surface area contributed by atoms with Gasteiger partial charge in [0, 0.05) is 24.3 Å². The molecule has 0 atom stereocenters. The molecule has 0 unspecified atom stereocenters. The molecule has 1 aromatic rings. The van der Waals surface area contributed by atoms with Crippen molar-refractivity contribution in [2.75, 3.05) is 31.2 Å². The lowest BCUT2D eigenvalue weighted by Crippen LogP contribution is -2.54. The van der Waals surface area contributed by atoms with Crippen LogP contribution in [0.4, 0.5) is 5.69 Å². The van der Waals surface area contributed by atoms with Gasteiger partial charge in [-0.3, -0.25) is 19.8 Å². The Hall–Kier alpha value is -1.96. The van der Waals surface area contributed by atoms with Crippen molar-refractivity contribution in [2.45, 2.75) is 6.92 Å². The number of carbonyl (C=O) groups excluding carboxylic acids is 2. The van der Waals surface area contributed by atoms with E-state index in [1.807, 2.05) is 11.8 Å². The van der Waals surface area contributed by atoms with Crippen LogP contribution in [0.2, 0.25) is 5.02 Å². The predicted molar refractivity (Wildman–Crippen MR) is 94.9 cm³/mol. The van der Waals surface area contributed by atoms with E-state index in [1.54, 1.807) is 24.4 Å². The summed E-state index contributed by atoms with van der Waals surface area (Å²) < 4.78 is 5.27. The summed E-state index contributed by atoms with van der Waals surface area (Å²) in [6.07, 6.45) is 1.57. The molecule has 0 radical (unpaired) electrons. The van der Waals surface area contributed by atoms with E-state index in [4.69, 9.17) is 28.6 Å². The number of morpholine rings is 1. The second-order valence-corrected chi connectivity index (χ2v) is 6.32. The molecule has 2 amide bonds. The van der Waals surface area contributed by atoms with E-state index in [0.29, 0.717) is 37.0 Å². The summed E-state index contributed by atoms with van der Waals surface area (Å²) in [4.78, 5) is 28.2. The highest BCUT2D eigenvalue weighted by atomic mass is 35.5. The van der Waals surface area contributed by atoms with Gasteiger partial charge in [-0.25, -0.2) is 0 Å². The quantitative estimate of drug-likeness (QED) is 0.490. The third-order valence-corrected chi connectivity index (χ3v) is 4.56. The lowest BCUT2D eigenvalue weighted by atomic mass is 10.1. The van der Waals surface area contributed by atoms with Crippen LogP contribution in [0.3, 0.4) is 0 Å². The highest BCUT2D eigenvalue weighted by Gasteiger charge is 2.35. The van der Waals surface area contributed by atoms with Crippen LogP contribution in [0, 0.1) is 6.92 Å². The fourth-order valence-corrected chi connectivity index (χ4v) is 2.94. The van der Waals surface area contributed by atoms with Gasteiger partial charge < -0.3 is 9.64 Å². The summed E-state index contributed by atoms with van der Waals surface area (Å²) >= 11 is 11.3. The average molecular weight is 366 g/mol. The highest BCUT2D eigenvalue weighted by molar-refractivity contribution is 7.80. The van der Waals surface area contributed by atoms with Crippen LogP contribution < -0.4 is 10.2 Å². The standard InChI is InChI=1S/C16H16ClN3O3S/c1-10-2-3-11(8-13(10)17)20-15(22)12(14(21)18-16(20)24)9-19-4-6-23-7-5-19/h2-3,8-9H,4-7H2,1H3,(H,18,21,24)/b12-9+. The van der Waals surface area contributed by atoms with Crippen LogP contribution in [-0.4, -0.2) is 48.1 Å². The number of nitrogens with zero attached hydrogens (tertiary/aromatic N) is 2. The molecule has 2 saturated heterocycles. The van der Waals surface area contributed by atoms with Crippen molar-refractivity contribution < 1.29 is 14.3 Å². The fourth-order valence-electron chi connectivity index (χ4n) is 2.49. The lowest BCUT2D eigenvalue weighted by Gasteiger charge is -2.31. The van der Waals surface area contributed by atoms with Gasteiger partial charge in [0.2, 0.25) is 0 Å². The number of halogens is 1. The average Bonchev–Trinajstić information content (AvgIpc) is 2.55. The maximum absolute atomic E-state index is 12.8. The molecule has 0 spiro atoms. The van der Waals surface area contributed by atoms with Crippen LogP contribution in [0.15, 0.2) is 30.0 Å². The van der Waals surface area contributed by atoms with E-state index in [-0.39, 0.29) is 10.7 Å². The molecule has 2 fully saturated rings. The molecule has 0 aliphatic carbocycles. The number of nitrogens with one attached hydrogen (secondary N) is 1. The fraction of sp³-hybridized carbons (Fsp3) is 0.312. The third-order valence-electron chi connectivity index (χ3n) is 3.87. The molecule has 0 bridgehead atoms. The van der Waals surface area contributed by atoms with Crippen LogP contribution in [0.5, 0.6) is 0 Å². The monoisotopic (exact) mass is 365 g/mol. The normalized spacial score (nSPS) is 20.6. The van der Waals surface area contributed by atoms with Crippen molar-refractivity contribution in [3.8, 4) is 0 Å². The number of thiocarbonyl (C=S) groups is 1. The second kappa shape index (κ2) is 6.88. The predicted octanol–water partition coefficient (Wildman–Crippen LogP) is 1.61. The molecular formula is C16H16ClN3O3S. The van der Waals surface area contributed by atoms with E-state index in [2.05, 4.69) is 5.32 Å². The lowest BCUT2D eigenvalue weighted by molar-refractivity contribution is -0.122. The Labute approximate surface area is 150 Å². The molecule has 6 nitrogen and oxygen atoms in total. The van der Waals surface area contributed by atoms with Crippen LogP contribution in [-0.2, 0) is 14.3 Å². The maximum atomic E-state index is 12.8. The van der Waals surface area contributed by atoms with Gasteiger partial charge in [-0.2, -0.15) is 0 Å². The van der Waals surface area contributed by atoms with Crippen LogP contribution >= 0.6 is 23.8 Å². The number of hydrogen-bond donors (Lipinski definition) is 1. The van der Waals surface area contributed by atoms with E-state index in [1.165, 1.54) is 4.90 Å². The molecule has 2 aliphatic rings. The van der Waals surface area contributed by atoms with Gasteiger partial charge in [0.05, 0.1) is 18.9 Å². The highest BCUT2D eigenvalue weighted by Crippen LogP contribution is 2.26. The van der Waals surface area contributed by atoms with Gasteiger partial charge in [-0.05, 0) is 36.8 Å². The van der Waals surface area contributed by atoms with Crippen molar-refractivity contribution in [3.63, 3.8) is 0 Å².